The number of thiazole rings is 1. The number of nitrogens with zero attached hydrogens (tertiary/aromatic N) is 2. The van der Waals surface area contributed by atoms with Crippen LogP contribution in [0.5, 0.6) is 11.5 Å². The number of aromatic nitrogens is 1. The standard InChI is InChI=1S/C25H23N3O5S/c1-15-4-2-3-5-21(15)32-12-20(29)16-6-9-22-19(10-16)28(24(30)13-33-22)11-23-27-18(14-34-23)25(31)26-17-7-8-17/h2-6,9-10,14,17H,7-8,11-13H2,1H3,(H,26,31). The number of hydrogen-bond acceptors (Lipinski definition) is 7. The minimum atomic E-state index is -0.243. The molecule has 2 aliphatic rings. The summed E-state index contributed by atoms with van der Waals surface area (Å²) in [7, 11) is 0. The highest BCUT2D eigenvalue weighted by molar-refractivity contribution is 7.09. The molecule has 1 aliphatic carbocycles. The van der Waals surface area contributed by atoms with Crippen LogP contribution in [0.1, 0.15) is 44.3 Å². The van der Waals surface area contributed by atoms with Crippen LogP contribution < -0.4 is 19.7 Å². The van der Waals surface area contributed by atoms with E-state index in [-0.39, 0.29) is 43.4 Å². The molecule has 0 radical (unpaired) electrons. The summed E-state index contributed by atoms with van der Waals surface area (Å²) in [5, 5.41) is 5.24. The van der Waals surface area contributed by atoms with Crippen LogP contribution >= 0.6 is 11.3 Å². The zero-order valence-corrected chi connectivity index (χ0v) is 19.4. The first-order valence-electron chi connectivity index (χ1n) is 11.0. The van der Waals surface area contributed by atoms with Gasteiger partial charge >= 0.3 is 0 Å². The monoisotopic (exact) mass is 477 g/mol. The molecule has 8 nitrogen and oxygen atoms in total. The number of carbonyl (C=O) groups excluding carboxylic acids is 3. The van der Waals surface area contributed by atoms with Crippen LogP contribution in [0, 0.1) is 6.92 Å². The van der Waals surface area contributed by atoms with Gasteiger partial charge in [-0.1, -0.05) is 18.2 Å². The van der Waals surface area contributed by atoms with Crippen molar-refractivity contribution in [3.63, 3.8) is 0 Å². The molecule has 2 aromatic carbocycles. The van der Waals surface area contributed by atoms with Crippen LogP contribution in [0.25, 0.3) is 0 Å². The highest BCUT2D eigenvalue weighted by Crippen LogP contribution is 2.34. The largest absolute Gasteiger partial charge is 0.485 e. The third-order valence-corrected chi connectivity index (χ3v) is 6.50. The number of benzene rings is 2. The van der Waals surface area contributed by atoms with Gasteiger partial charge in [-0.3, -0.25) is 19.3 Å². The maximum absolute atomic E-state index is 12.8. The summed E-state index contributed by atoms with van der Waals surface area (Å²) in [4.78, 5) is 43.7. The summed E-state index contributed by atoms with van der Waals surface area (Å²) in [5.41, 5.74) is 2.21. The lowest BCUT2D eigenvalue weighted by Gasteiger charge is -2.29. The molecule has 0 atom stereocenters. The van der Waals surface area contributed by atoms with Crippen LogP contribution in [-0.2, 0) is 11.3 Å². The van der Waals surface area contributed by atoms with E-state index in [0.29, 0.717) is 33.5 Å². The topological polar surface area (TPSA) is 97.8 Å². The normalized spacial score (nSPS) is 14.9. The summed E-state index contributed by atoms with van der Waals surface area (Å²) in [6, 6.07) is 12.7. The molecule has 0 unspecified atom stereocenters. The van der Waals surface area contributed by atoms with Crippen LogP contribution in [0.15, 0.2) is 47.8 Å². The Labute approximate surface area is 200 Å². The van der Waals surface area contributed by atoms with Crippen molar-refractivity contribution in [2.45, 2.75) is 32.4 Å². The number of aryl methyl sites for hydroxylation is 1. The maximum atomic E-state index is 12.8. The molecule has 0 bridgehead atoms. The zero-order valence-electron chi connectivity index (χ0n) is 18.6. The van der Waals surface area contributed by atoms with Gasteiger partial charge in [-0.05, 0) is 49.6 Å². The van der Waals surface area contributed by atoms with Crippen molar-refractivity contribution < 1.29 is 23.9 Å². The molecule has 1 saturated carbocycles. The van der Waals surface area contributed by atoms with Crippen molar-refractivity contribution in [1.29, 1.82) is 0 Å². The van der Waals surface area contributed by atoms with Crippen LogP contribution in [0.2, 0.25) is 0 Å². The second-order valence-corrected chi connectivity index (χ2v) is 9.25. The van der Waals surface area contributed by atoms with Crippen LogP contribution in [0.4, 0.5) is 5.69 Å². The van der Waals surface area contributed by atoms with E-state index in [4.69, 9.17) is 9.47 Å². The van der Waals surface area contributed by atoms with E-state index in [1.54, 1.807) is 28.5 Å². The summed E-state index contributed by atoms with van der Waals surface area (Å²) >= 11 is 1.32. The summed E-state index contributed by atoms with van der Waals surface area (Å²) in [6.07, 6.45) is 2.00. The first-order valence-corrected chi connectivity index (χ1v) is 11.9. The molecule has 1 aliphatic heterocycles. The smallest absolute Gasteiger partial charge is 0.270 e. The first kappa shape index (κ1) is 22.1. The Balaban J connectivity index is 1.32. The molecular formula is C25H23N3O5S. The van der Waals surface area contributed by atoms with Crippen molar-refractivity contribution in [3.05, 3.63) is 69.7 Å². The van der Waals surface area contributed by atoms with E-state index in [2.05, 4.69) is 10.3 Å². The Morgan fingerprint density at radius 3 is 2.85 bits per heavy atom. The molecule has 2 heterocycles. The number of para-hydroxylation sites is 1. The van der Waals surface area contributed by atoms with E-state index in [9.17, 15) is 14.4 Å². The van der Waals surface area contributed by atoms with Gasteiger partial charge in [0, 0.05) is 17.0 Å². The number of ketones is 1. The number of nitrogens with one attached hydrogen (secondary N) is 1. The Morgan fingerprint density at radius 1 is 1.24 bits per heavy atom. The quantitative estimate of drug-likeness (QED) is 0.499. The second-order valence-electron chi connectivity index (χ2n) is 8.30. The lowest BCUT2D eigenvalue weighted by molar-refractivity contribution is -0.121. The van der Waals surface area contributed by atoms with Gasteiger partial charge in [0.05, 0.1) is 12.2 Å². The number of hydrogen-bond donors (Lipinski definition) is 1. The zero-order chi connectivity index (χ0) is 23.7. The predicted molar refractivity (Wildman–Crippen MR) is 127 cm³/mol. The Bertz CT molecular complexity index is 1270. The number of carbonyl (C=O) groups is 3. The highest BCUT2D eigenvalue weighted by atomic mass is 32.1. The summed E-state index contributed by atoms with van der Waals surface area (Å²) in [6.45, 7) is 1.88. The molecule has 1 fully saturated rings. The third kappa shape index (κ3) is 4.79. The minimum Gasteiger partial charge on any atom is -0.485 e. The van der Waals surface area contributed by atoms with Gasteiger partial charge in [0.2, 0.25) is 0 Å². The molecule has 1 aromatic heterocycles. The average molecular weight is 478 g/mol. The average Bonchev–Trinajstić information content (AvgIpc) is 3.53. The van der Waals surface area contributed by atoms with Crippen molar-refractivity contribution in [2.24, 2.45) is 0 Å². The number of amides is 2. The Morgan fingerprint density at radius 2 is 2.06 bits per heavy atom. The van der Waals surface area contributed by atoms with E-state index < -0.39 is 0 Å². The predicted octanol–water partition coefficient (Wildman–Crippen LogP) is 3.53. The minimum absolute atomic E-state index is 0.100. The molecular weight excluding hydrogens is 454 g/mol. The molecule has 3 aromatic rings. The molecule has 174 valence electrons. The lowest BCUT2D eigenvalue weighted by atomic mass is 10.1. The first-order chi connectivity index (χ1) is 16.5. The lowest BCUT2D eigenvalue weighted by Crippen LogP contribution is -2.38. The second kappa shape index (κ2) is 9.26. The summed E-state index contributed by atoms with van der Waals surface area (Å²) < 4.78 is 11.3. The van der Waals surface area contributed by atoms with Crippen LogP contribution in [-0.4, -0.2) is 41.8 Å². The van der Waals surface area contributed by atoms with Crippen molar-refractivity contribution in [3.8, 4) is 11.5 Å². The van der Waals surface area contributed by atoms with E-state index in [1.165, 1.54) is 11.3 Å². The number of ether oxygens (including phenoxy) is 2. The van der Waals surface area contributed by atoms with Crippen molar-refractivity contribution in [2.75, 3.05) is 18.1 Å². The fourth-order valence-corrected chi connectivity index (χ4v) is 4.37. The van der Waals surface area contributed by atoms with Crippen molar-refractivity contribution in [1.82, 2.24) is 10.3 Å². The molecule has 0 spiro atoms. The molecule has 34 heavy (non-hydrogen) atoms. The number of anilines is 1. The number of fused-ring (bicyclic) bond motifs is 1. The van der Waals surface area contributed by atoms with E-state index >= 15 is 0 Å². The molecule has 2 amide bonds. The van der Waals surface area contributed by atoms with Gasteiger partial charge in [-0.25, -0.2) is 4.98 Å². The van der Waals surface area contributed by atoms with E-state index in [0.717, 1.165) is 18.4 Å². The number of rotatable bonds is 8. The van der Waals surface area contributed by atoms with Gasteiger partial charge in [0.25, 0.3) is 11.8 Å². The molecule has 0 saturated heterocycles. The van der Waals surface area contributed by atoms with Crippen molar-refractivity contribution >= 4 is 34.6 Å². The van der Waals surface area contributed by atoms with Gasteiger partial charge in [-0.2, -0.15) is 0 Å². The van der Waals surface area contributed by atoms with E-state index in [1.807, 2.05) is 31.2 Å². The third-order valence-electron chi connectivity index (χ3n) is 5.67. The fraction of sp³-hybridized carbons (Fsp3) is 0.280. The van der Waals surface area contributed by atoms with Gasteiger partial charge in [-0.15, -0.1) is 11.3 Å². The van der Waals surface area contributed by atoms with Gasteiger partial charge < -0.3 is 14.8 Å². The molecule has 9 heteroatoms. The highest BCUT2D eigenvalue weighted by Gasteiger charge is 2.29. The van der Waals surface area contributed by atoms with Gasteiger partial charge in [0.1, 0.15) is 22.2 Å². The molecule has 5 rings (SSSR count). The number of Topliss-reactive ketones (excluding diaryl/α,β-unsaturated/α-hetero) is 1. The SMILES string of the molecule is Cc1ccccc1OCC(=O)c1ccc2c(c1)N(Cc1nc(C(=O)NC3CC3)cs1)C(=O)CO2. The molecule has 1 N–H and O–H groups in total. The Kier molecular flexibility index (Phi) is 6.02. The summed E-state index contributed by atoms with van der Waals surface area (Å²) in [5.74, 6) is 0.517. The Hall–Kier alpha value is -3.72. The van der Waals surface area contributed by atoms with Crippen LogP contribution in [0.3, 0.4) is 0 Å². The fourth-order valence-electron chi connectivity index (χ4n) is 3.60. The van der Waals surface area contributed by atoms with Gasteiger partial charge in [0.15, 0.2) is 19.0 Å². The maximum Gasteiger partial charge on any atom is 0.270 e.